The molecule has 0 aliphatic heterocycles. The van der Waals surface area contributed by atoms with Crippen molar-refractivity contribution in [3.8, 4) is 9.88 Å². The topological polar surface area (TPSA) is 53.9 Å². The summed E-state index contributed by atoms with van der Waals surface area (Å²) in [6.45, 7) is 5.98. The fourth-order valence-electron chi connectivity index (χ4n) is 1.61. The van der Waals surface area contributed by atoms with Crippen molar-refractivity contribution in [1.29, 1.82) is 0 Å². The third-order valence-corrected chi connectivity index (χ3v) is 4.81. The second-order valence-corrected chi connectivity index (χ2v) is 6.58. The Morgan fingerprint density at radius 2 is 2.00 bits per heavy atom. The molecule has 0 fully saturated rings. The van der Waals surface area contributed by atoms with Crippen molar-refractivity contribution in [3.05, 3.63) is 10.7 Å². The Kier molecular flexibility index (Phi) is 4.84. The number of anilines is 1. The molecule has 0 atom stereocenters. The molecule has 2 heterocycles. The highest BCUT2D eigenvalue weighted by Gasteiger charge is 2.14. The lowest BCUT2D eigenvalue weighted by molar-refractivity contribution is 0.413. The molecule has 0 amide bonds. The molecule has 7 heteroatoms. The molecule has 19 heavy (non-hydrogen) atoms. The molecule has 2 aromatic rings. The van der Waals surface area contributed by atoms with Gasteiger partial charge in [-0.2, -0.15) is 0 Å². The minimum atomic E-state index is 0.865. The van der Waals surface area contributed by atoms with Gasteiger partial charge in [0.15, 0.2) is 5.01 Å². The number of aromatic nitrogens is 3. The SMILES string of the molecule is CCNc1nnc(-c2sc(CCN(C)C)nc2C)s1. The van der Waals surface area contributed by atoms with Crippen LogP contribution in [0.1, 0.15) is 17.6 Å². The van der Waals surface area contributed by atoms with Crippen LogP contribution in [0.4, 0.5) is 5.13 Å². The lowest BCUT2D eigenvalue weighted by atomic mass is 10.4. The maximum Gasteiger partial charge on any atom is 0.206 e. The molecule has 0 spiro atoms. The van der Waals surface area contributed by atoms with Gasteiger partial charge in [-0.1, -0.05) is 11.3 Å². The van der Waals surface area contributed by atoms with Gasteiger partial charge in [-0.05, 0) is 27.9 Å². The van der Waals surface area contributed by atoms with Gasteiger partial charge < -0.3 is 10.2 Å². The molecule has 0 aromatic carbocycles. The summed E-state index contributed by atoms with van der Waals surface area (Å²) < 4.78 is 0. The van der Waals surface area contributed by atoms with Crippen LogP contribution in [0.25, 0.3) is 9.88 Å². The van der Waals surface area contributed by atoms with Crippen LogP contribution in [0.15, 0.2) is 0 Å². The third-order valence-electron chi connectivity index (χ3n) is 2.56. The highest BCUT2D eigenvalue weighted by molar-refractivity contribution is 7.23. The minimum absolute atomic E-state index is 0.865. The van der Waals surface area contributed by atoms with Crippen LogP contribution in [0.2, 0.25) is 0 Å². The number of thiazole rings is 1. The molecule has 1 N–H and O–H groups in total. The van der Waals surface area contributed by atoms with Crippen molar-refractivity contribution in [2.75, 3.05) is 32.5 Å². The van der Waals surface area contributed by atoms with Crippen LogP contribution in [-0.4, -0.2) is 47.3 Å². The van der Waals surface area contributed by atoms with Gasteiger partial charge in [0, 0.05) is 19.5 Å². The summed E-state index contributed by atoms with van der Waals surface area (Å²) in [5, 5.41) is 14.6. The number of nitrogens with one attached hydrogen (secondary N) is 1. The van der Waals surface area contributed by atoms with Gasteiger partial charge in [0.2, 0.25) is 5.13 Å². The number of rotatable bonds is 6. The first kappa shape index (κ1) is 14.4. The van der Waals surface area contributed by atoms with Crippen LogP contribution in [0.5, 0.6) is 0 Å². The molecule has 0 unspecified atom stereocenters. The molecule has 0 radical (unpaired) electrons. The Labute approximate surface area is 121 Å². The summed E-state index contributed by atoms with van der Waals surface area (Å²) in [7, 11) is 4.16. The van der Waals surface area contributed by atoms with E-state index < -0.39 is 0 Å². The lowest BCUT2D eigenvalue weighted by Crippen LogP contribution is -2.14. The summed E-state index contributed by atoms with van der Waals surface area (Å²) in [5.41, 5.74) is 1.05. The van der Waals surface area contributed by atoms with Crippen LogP contribution in [-0.2, 0) is 6.42 Å². The van der Waals surface area contributed by atoms with Gasteiger partial charge in [-0.15, -0.1) is 21.5 Å². The van der Waals surface area contributed by atoms with Gasteiger partial charge in [0.05, 0.1) is 15.6 Å². The molecule has 0 saturated carbocycles. The van der Waals surface area contributed by atoms with E-state index in [1.807, 2.05) is 6.92 Å². The van der Waals surface area contributed by atoms with E-state index in [1.165, 1.54) is 5.01 Å². The monoisotopic (exact) mass is 297 g/mol. The van der Waals surface area contributed by atoms with Crippen LogP contribution < -0.4 is 5.32 Å². The maximum absolute atomic E-state index is 4.62. The van der Waals surface area contributed by atoms with E-state index in [2.05, 4.69) is 46.4 Å². The van der Waals surface area contributed by atoms with E-state index in [0.29, 0.717) is 0 Å². The number of hydrogen-bond donors (Lipinski definition) is 1. The van der Waals surface area contributed by atoms with Crippen molar-refractivity contribution >= 4 is 27.8 Å². The second kappa shape index (κ2) is 6.40. The number of nitrogens with zero attached hydrogens (tertiary/aromatic N) is 4. The molecule has 0 aliphatic carbocycles. The summed E-state index contributed by atoms with van der Waals surface area (Å²) >= 11 is 3.32. The van der Waals surface area contributed by atoms with E-state index in [0.717, 1.165) is 40.2 Å². The number of likely N-dealkylation sites (N-methyl/N-ethyl adjacent to an activating group) is 1. The molecule has 5 nitrogen and oxygen atoms in total. The molecule has 0 aliphatic rings. The van der Waals surface area contributed by atoms with Gasteiger partial charge in [0.1, 0.15) is 0 Å². The van der Waals surface area contributed by atoms with E-state index in [4.69, 9.17) is 0 Å². The summed E-state index contributed by atoms with van der Waals surface area (Å²) in [4.78, 5) is 7.94. The Balaban J connectivity index is 2.14. The average Bonchev–Trinajstić information content (AvgIpc) is 2.94. The fourth-order valence-corrected chi connectivity index (χ4v) is 3.60. The van der Waals surface area contributed by atoms with Crippen molar-refractivity contribution in [2.45, 2.75) is 20.3 Å². The van der Waals surface area contributed by atoms with Crippen molar-refractivity contribution in [3.63, 3.8) is 0 Å². The van der Waals surface area contributed by atoms with Gasteiger partial charge in [-0.3, -0.25) is 0 Å². The normalized spacial score (nSPS) is 11.2. The highest BCUT2D eigenvalue weighted by Crippen LogP contribution is 2.33. The Morgan fingerprint density at radius 3 is 2.68 bits per heavy atom. The second-order valence-electron chi connectivity index (χ2n) is 4.52. The van der Waals surface area contributed by atoms with Crippen LogP contribution >= 0.6 is 22.7 Å². The van der Waals surface area contributed by atoms with Gasteiger partial charge in [0.25, 0.3) is 0 Å². The quantitative estimate of drug-likeness (QED) is 0.888. The zero-order valence-corrected chi connectivity index (χ0v) is 13.4. The molecule has 2 rings (SSSR count). The van der Waals surface area contributed by atoms with E-state index in [1.54, 1.807) is 22.7 Å². The van der Waals surface area contributed by atoms with E-state index >= 15 is 0 Å². The van der Waals surface area contributed by atoms with E-state index in [9.17, 15) is 0 Å². The Hall–Kier alpha value is -1.05. The van der Waals surface area contributed by atoms with Crippen LogP contribution in [0, 0.1) is 6.92 Å². The zero-order valence-electron chi connectivity index (χ0n) is 11.7. The first-order chi connectivity index (χ1) is 9.10. The maximum atomic E-state index is 4.62. The van der Waals surface area contributed by atoms with Gasteiger partial charge >= 0.3 is 0 Å². The van der Waals surface area contributed by atoms with Crippen molar-refractivity contribution in [2.24, 2.45) is 0 Å². The first-order valence-electron chi connectivity index (χ1n) is 6.29. The highest BCUT2D eigenvalue weighted by atomic mass is 32.1. The average molecular weight is 297 g/mol. The zero-order chi connectivity index (χ0) is 13.8. The Bertz CT molecular complexity index is 532. The molecule has 2 aromatic heterocycles. The molecule has 0 saturated heterocycles. The van der Waals surface area contributed by atoms with Crippen LogP contribution in [0.3, 0.4) is 0 Å². The Morgan fingerprint density at radius 1 is 1.21 bits per heavy atom. The molecular formula is C12H19N5S2. The molecular weight excluding hydrogens is 278 g/mol. The minimum Gasteiger partial charge on any atom is -0.360 e. The van der Waals surface area contributed by atoms with Crippen molar-refractivity contribution < 1.29 is 0 Å². The van der Waals surface area contributed by atoms with E-state index in [-0.39, 0.29) is 0 Å². The summed E-state index contributed by atoms with van der Waals surface area (Å²) in [6, 6.07) is 0. The largest absolute Gasteiger partial charge is 0.360 e. The lowest BCUT2D eigenvalue weighted by Gasteiger charge is -2.06. The molecule has 0 bridgehead atoms. The predicted molar refractivity (Wildman–Crippen MR) is 82.2 cm³/mol. The molecule has 104 valence electrons. The summed E-state index contributed by atoms with van der Waals surface area (Å²) in [5.74, 6) is 0. The number of aryl methyl sites for hydroxylation is 1. The van der Waals surface area contributed by atoms with Crippen molar-refractivity contribution in [1.82, 2.24) is 20.1 Å². The predicted octanol–water partition coefficient (Wildman–Crippen LogP) is 2.51. The number of hydrogen-bond acceptors (Lipinski definition) is 7. The van der Waals surface area contributed by atoms with Gasteiger partial charge in [-0.25, -0.2) is 4.98 Å². The standard InChI is InChI=1S/C12H19N5S2/c1-5-13-12-16-15-11(19-12)10-8(2)14-9(18-10)6-7-17(3)4/h5-7H2,1-4H3,(H,13,16). The first-order valence-corrected chi connectivity index (χ1v) is 7.92. The fraction of sp³-hybridized carbons (Fsp3) is 0.583. The summed E-state index contributed by atoms with van der Waals surface area (Å²) in [6.07, 6.45) is 0.984. The smallest absolute Gasteiger partial charge is 0.206 e. The third kappa shape index (κ3) is 3.71.